The van der Waals surface area contributed by atoms with Crippen LogP contribution in [0.4, 0.5) is 0 Å². The SMILES string of the molecule is CCOC[C@]12CCCO[C@H]1CCN(C(=O)c1ccnnc1)C2. The first-order chi connectivity index (χ1) is 10.7. The van der Waals surface area contributed by atoms with E-state index in [4.69, 9.17) is 9.47 Å². The van der Waals surface area contributed by atoms with E-state index in [2.05, 4.69) is 10.2 Å². The fraction of sp³-hybridized carbons (Fsp3) is 0.688. The Labute approximate surface area is 130 Å². The molecule has 1 aromatic rings. The molecule has 0 saturated carbocycles. The van der Waals surface area contributed by atoms with Crippen LogP contribution in [0.1, 0.15) is 36.5 Å². The lowest BCUT2D eigenvalue weighted by atomic mass is 9.73. The van der Waals surface area contributed by atoms with Crippen LogP contribution in [0.25, 0.3) is 0 Å². The summed E-state index contributed by atoms with van der Waals surface area (Å²) >= 11 is 0. The Morgan fingerprint density at radius 3 is 3.23 bits per heavy atom. The molecule has 2 fully saturated rings. The summed E-state index contributed by atoms with van der Waals surface area (Å²) in [6.07, 6.45) is 6.24. The van der Waals surface area contributed by atoms with Crippen LogP contribution >= 0.6 is 0 Å². The summed E-state index contributed by atoms with van der Waals surface area (Å²) in [5.74, 6) is 0.0230. The first-order valence-electron chi connectivity index (χ1n) is 8.00. The maximum absolute atomic E-state index is 12.7. The number of fused-ring (bicyclic) bond motifs is 1. The van der Waals surface area contributed by atoms with Gasteiger partial charge in [-0.2, -0.15) is 10.2 Å². The van der Waals surface area contributed by atoms with Crippen molar-refractivity contribution in [1.29, 1.82) is 0 Å². The minimum absolute atomic E-state index is 0.0230. The fourth-order valence-electron chi connectivity index (χ4n) is 3.58. The van der Waals surface area contributed by atoms with Gasteiger partial charge in [0.05, 0.1) is 30.7 Å². The lowest BCUT2D eigenvalue weighted by Crippen LogP contribution is -2.58. The van der Waals surface area contributed by atoms with E-state index < -0.39 is 0 Å². The number of carbonyl (C=O) groups excluding carboxylic acids is 1. The van der Waals surface area contributed by atoms with Gasteiger partial charge < -0.3 is 14.4 Å². The maximum atomic E-state index is 12.7. The highest BCUT2D eigenvalue weighted by molar-refractivity contribution is 5.93. The number of aromatic nitrogens is 2. The topological polar surface area (TPSA) is 64.6 Å². The lowest BCUT2D eigenvalue weighted by molar-refractivity contribution is -0.146. The highest BCUT2D eigenvalue weighted by Crippen LogP contribution is 2.40. The molecule has 6 nitrogen and oxygen atoms in total. The number of hydrogen-bond acceptors (Lipinski definition) is 5. The molecule has 2 atom stereocenters. The minimum Gasteiger partial charge on any atom is -0.381 e. The van der Waals surface area contributed by atoms with Crippen LogP contribution < -0.4 is 0 Å². The van der Waals surface area contributed by atoms with Gasteiger partial charge in [0.1, 0.15) is 0 Å². The zero-order valence-electron chi connectivity index (χ0n) is 13.0. The molecule has 1 amide bonds. The van der Waals surface area contributed by atoms with E-state index in [1.807, 2.05) is 11.8 Å². The molecular formula is C16H23N3O3. The number of piperidine rings is 1. The number of amides is 1. The van der Waals surface area contributed by atoms with Gasteiger partial charge in [-0.25, -0.2) is 0 Å². The van der Waals surface area contributed by atoms with Crippen molar-refractivity contribution in [2.75, 3.05) is 32.9 Å². The number of rotatable bonds is 4. The molecule has 2 aliphatic rings. The van der Waals surface area contributed by atoms with E-state index in [0.717, 1.165) is 32.4 Å². The Bertz CT molecular complexity index is 511. The Morgan fingerprint density at radius 1 is 1.55 bits per heavy atom. The highest BCUT2D eigenvalue weighted by Gasteiger charge is 2.47. The van der Waals surface area contributed by atoms with Crippen molar-refractivity contribution in [3.05, 3.63) is 24.0 Å². The summed E-state index contributed by atoms with van der Waals surface area (Å²) in [6, 6.07) is 1.72. The molecule has 3 heterocycles. The van der Waals surface area contributed by atoms with Crippen molar-refractivity contribution in [2.24, 2.45) is 5.41 Å². The summed E-state index contributed by atoms with van der Waals surface area (Å²) in [5.41, 5.74) is 0.527. The average molecular weight is 305 g/mol. The van der Waals surface area contributed by atoms with Crippen LogP contribution in [0.5, 0.6) is 0 Å². The third-order valence-corrected chi connectivity index (χ3v) is 4.70. The Hall–Kier alpha value is -1.53. The highest BCUT2D eigenvalue weighted by atomic mass is 16.5. The average Bonchev–Trinajstić information content (AvgIpc) is 2.59. The van der Waals surface area contributed by atoms with Gasteiger partial charge in [0.25, 0.3) is 5.91 Å². The van der Waals surface area contributed by atoms with Crippen molar-refractivity contribution in [2.45, 2.75) is 32.3 Å². The molecule has 6 heteroatoms. The second-order valence-electron chi connectivity index (χ2n) is 6.11. The second-order valence-corrected chi connectivity index (χ2v) is 6.11. The van der Waals surface area contributed by atoms with Crippen molar-refractivity contribution < 1.29 is 14.3 Å². The summed E-state index contributed by atoms with van der Waals surface area (Å²) in [6.45, 7) is 5.59. The zero-order valence-corrected chi connectivity index (χ0v) is 13.0. The lowest BCUT2D eigenvalue weighted by Gasteiger charge is -2.50. The number of ether oxygens (including phenoxy) is 2. The third-order valence-electron chi connectivity index (χ3n) is 4.70. The van der Waals surface area contributed by atoms with Gasteiger partial charge in [0.2, 0.25) is 0 Å². The Morgan fingerprint density at radius 2 is 2.45 bits per heavy atom. The number of likely N-dealkylation sites (tertiary alicyclic amines) is 1. The van der Waals surface area contributed by atoms with Crippen LogP contribution in [0.3, 0.4) is 0 Å². The predicted molar refractivity (Wildman–Crippen MR) is 80.5 cm³/mol. The fourth-order valence-corrected chi connectivity index (χ4v) is 3.58. The third kappa shape index (κ3) is 2.98. The normalized spacial score (nSPS) is 28.2. The summed E-state index contributed by atoms with van der Waals surface area (Å²) in [4.78, 5) is 14.6. The Balaban J connectivity index is 1.76. The van der Waals surface area contributed by atoms with Gasteiger partial charge in [-0.15, -0.1) is 0 Å². The summed E-state index contributed by atoms with van der Waals surface area (Å²) < 4.78 is 11.7. The molecule has 2 saturated heterocycles. The molecule has 0 radical (unpaired) electrons. The molecule has 0 N–H and O–H groups in total. The van der Waals surface area contributed by atoms with Crippen molar-refractivity contribution in [3.63, 3.8) is 0 Å². The molecule has 22 heavy (non-hydrogen) atoms. The minimum atomic E-state index is -0.0668. The van der Waals surface area contributed by atoms with Gasteiger partial charge in [-0.05, 0) is 32.3 Å². The zero-order chi connectivity index (χ0) is 15.4. The van der Waals surface area contributed by atoms with Crippen molar-refractivity contribution in [1.82, 2.24) is 15.1 Å². The van der Waals surface area contributed by atoms with Crippen LogP contribution in [-0.4, -0.2) is 60.0 Å². The quantitative estimate of drug-likeness (QED) is 0.844. The van der Waals surface area contributed by atoms with Crippen molar-refractivity contribution in [3.8, 4) is 0 Å². The van der Waals surface area contributed by atoms with E-state index in [9.17, 15) is 4.79 Å². The molecule has 0 aliphatic carbocycles. The van der Waals surface area contributed by atoms with Gasteiger partial charge in [-0.1, -0.05) is 0 Å². The summed E-state index contributed by atoms with van der Waals surface area (Å²) in [5, 5.41) is 7.53. The van der Waals surface area contributed by atoms with E-state index in [1.54, 1.807) is 12.3 Å². The van der Waals surface area contributed by atoms with Crippen molar-refractivity contribution >= 4 is 5.91 Å². The molecule has 0 unspecified atom stereocenters. The van der Waals surface area contributed by atoms with Crippen LogP contribution in [0.15, 0.2) is 18.5 Å². The number of hydrogen-bond donors (Lipinski definition) is 0. The molecule has 2 aliphatic heterocycles. The molecule has 0 spiro atoms. The standard InChI is InChI=1S/C16H23N3O3/c1-2-21-12-16-6-3-9-22-14(16)5-8-19(11-16)15(20)13-4-7-17-18-10-13/h4,7,10,14H,2-3,5-6,8-9,11-12H2,1H3/t14-,16+/m0/s1. The smallest absolute Gasteiger partial charge is 0.255 e. The van der Waals surface area contributed by atoms with E-state index in [-0.39, 0.29) is 17.4 Å². The molecule has 120 valence electrons. The molecular weight excluding hydrogens is 282 g/mol. The molecule has 0 aromatic carbocycles. The van der Waals surface area contributed by atoms with Gasteiger partial charge in [-0.3, -0.25) is 4.79 Å². The van der Waals surface area contributed by atoms with Crippen LogP contribution in [-0.2, 0) is 9.47 Å². The Kier molecular flexibility index (Phi) is 4.69. The maximum Gasteiger partial charge on any atom is 0.255 e. The van der Waals surface area contributed by atoms with Gasteiger partial charge >= 0.3 is 0 Å². The monoisotopic (exact) mass is 305 g/mol. The number of nitrogens with zero attached hydrogens (tertiary/aromatic N) is 3. The van der Waals surface area contributed by atoms with Crippen LogP contribution in [0, 0.1) is 5.41 Å². The van der Waals surface area contributed by atoms with Crippen LogP contribution in [0.2, 0.25) is 0 Å². The first kappa shape index (κ1) is 15.4. The predicted octanol–water partition coefficient (Wildman–Crippen LogP) is 1.52. The number of carbonyl (C=O) groups is 1. The first-order valence-corrected chi connectivity index (χ1v) is 8.00. The van der Waals surface area contributed by atoms with Gasteiger partial charge in [0.15, 0.2) is 0 Å². The molecule has 1 aromatic heterocycles. The summed E-state index contributed by atoms with van der Waals surface area (Å²) in [7, 11) is 0. The molecule has 0 bridgehead atoms. The van der Waals surface area contributed by atoms with Gasteiger partial charge in [0, 0.05) is 31.7 Å². The molecule has 3 rings (SSSR count). The van der Waals surface area contributed by atoms with E-state index in [0.29, 0.717) is 25.3 Å². The second kappa shape index (κ2) is 6.71. The largest absolute Gasteiger partial charge is 0.381 e. The van der Waals surface area contributed by atoms with E-state index >= 15 is 0 Å². The van der Waals surface area contributed by atoms with E-state index in [1.165, 1.54) is 6.20 Å².